The third kappa shape index (κ3) is 4.98. The number of ether oxygens (including phenoxy) is 1. The number of aromatic nitrogens is 4. The molecule has 0 atom stereocenters. The molecule has 2 aliphatic rings. The summed E-state index contributed by atoms with van der Waals surface area (Å²) in [5, 5.41) is 6.37. The molecule has 0 radical (unpaired) electrons. The molecule has 0 aromatic carbocycles. The second kappa shape index (κ2) is 8.47. The highest BCUT2D eigenvalue weighted by atomic mass is 19.4. The van der Waals surface area contributed by atoms with E-state index in [0.29, 0.717) is 11.6 Å². The quantitative estimate of drug-likeness (QED) is 0.599. The molecule has 0 unspecified atom stereocenters. The Morgan fingerprint density at radius 2 is 1.97 bits per heavy atom. The fraction of sp³-hybridized carbons (Fsp3) is 0.364. The van der Waals surface area contributed by atoms with Crippen LogP contribution in [0.25, 0.3) is 11.4 Å². The highest BCUT2D eigenvalue weighted by Crippen LogP contribution is 2.36. The molecule has 8 nitrogen and oxygen atoms in total. The van der Waals surface area contributed by atoms with Gasteiger partial charge < -0.3 is 20.3 Å². The molecule has 1 spiro atoms. The van der Waals surface area contributed by atoms with E-state index in [1.54, 1.807) is 24.5 Å². The maximum Gasteiger partial charge on any atom is 0.573 e. The predicted molar refractivity (Wildman–Crippen MR) is 116 cm³/mol. The van der Waals surface area contributed by atoms with Gasteiger partial charge in [-0.3, -0.25) is 4.98 Å². The van der Waals surface area contributed by atoms with Gasteiger partial charge >= 0.3 is 6.36 Å². The molecule has 0 bridgehead atoms. The number of rotatable bonds is 5. The smallest absolute Gasteiger partial charge is 0.406 e. The van der Waals surface area contributed by atoms with Crippen molar-refractivity contribution < 1.29 is 17.9 Å². The number of hydrogen-bond donors (Lipinski definition) is 2. The first-order chi connectivity index (χ1) is 15.9. The summed E-state index contributed by atoms with van der Waals surface area (Å²) < 4.78 is 41.8. The molecule has 172 valence electrons. The average Bonchev–Trinajstić information content (AvgIpc) is 2.78. The molecule has 3 aromatic heterocycles. The number of alkyl halides is 3. The highest BCUT2D eigenvalue weighted by molar-refractivity contribution is 5.64. The van der Waals surface area contributed by atoms with Crippen LogP contribution in [0.1, 0.15) is 12.8 Å². The molecule has 2 N–H and O–H groups in total. The van der Waals surface area contributed by atoms with E-state index >= 15 is 0 Å². The molecule has 33 heavy (non-hydrogen) atoms. The van der Waals surface area contributed by atoms with E-state index < -0.39 is 6.36 Å². The lowest BCUT2D eigenvalue weighted by atomic mass is 9.75. The van der Waals surface area contributed by atoms with Gasteiger partial charge in [0.25, 0.3) is 0 Å². The number of nitrogens with zero attached hydrogens (tertiary/aromatic N) is 5. The van der Waals surface area contributed by atoms with Crippen LogP contribution in [0.2, 0.25) is 0 Å². The van der Waals surface area contributed by atoms with Crippen molar-refractivity contribution in [2.24, 2.45) is 5.41 Å². The van der Waals surface area contributed by atoms with Gasteiger partial charge in [-0.15, -0.1) is 13.2 Å². The van der Waals surface area contributed by atoms with Crippen molar-refractivity contribution in [3.63, 3.8) is 0 Å². The molecule has 0 amide bonds. The molecule has 5 heterocycles. The van der Waals surface area contributed by atoms with Gasteiger partial charge in [-0.05, 0) is 31.0 Å². The molecule has 0 aliphatic carbocycles. The van der Waals surface area contributed by atoms with Gasteiger partial charge in [0.15, 0.2) is 5.82 Å². The van der Waals surface area contributed by atoms with Crippen LogP contribution in [0.3, 0.4) is 0 Å². The van der Waals surface area contributed by atoms with E-state index in [2.05, 4.69) is 35.2 Å². The van der Waals surface area contributed by atoms with E-state index in [4.69, 9.17) is 4.98 Å². The average molecular weight is 457 g/mol. The summed E-state index contributed by atoms with van der Waals surface area (Å²) in [7, 11) is 0. The zero-order valence-electron chi connectivity index (χ0n) is 17.6. The first kappa shape index (κ1) is 21.4. The molecule has 2 fully saturated rings. The van der Waals surface area contributed by atoms with Crippen molar-refractivity contribution in [1.29, 1.82) is 0 Å². The largest absolute Gasteiger partial charge is 0.573 e. The fourth-order valence-corrected chi connectivity index (χ4v) is 4.26. The van der Waals surface area contributed by atoms with Crippen LogP contribution in [-0.4, -0.2) is 52.5 Å². The number of hydrogen-bond acceptors (Lipinski definition) is 8. The van der Waals surface area contributed by atoms with Gasteiger partial charge in [0.05, 0.1) is 0 Å². The fourth-order valence-electron chi connectivity index (χ4n) is 4.26. The summed E-state index contributed by atoms with van der Waals surface area (Å²) in [6, 6.07) is 7.78. The van der Waals surface area contributed by atoms with Gasteiger partial charge in [0.2, 0.25) is 0 Å². The predicted octanol–water partition coefficient (Wildman–Crippen LogP) is 3.77. The second-order valence-electron chi connectivity index (χ2n) is 8.35. The first-order valence-electron chi connectivity index (χ1n) is 10.6. The minimum atomic E-state index is -4.78. The van der Waals surface area contributed by atoms with Crippen molar-refractivity contribution >= 4 is 17.5 Å². The third-order valence-electron chi connectivity index (χ3n) is 5.84. The number of anilines is 3. The Balaban J connectivity index is 1.47. The third-order valence-corrected chi connectivity index (χ3v) is 5.84. The van der Waals surface area contributed by atoms with E-state index in [1.165, 1.54) is 18.7 Å². The Labute approximate surface area is 188 Å². The van der Waals surface area contributed by atoms with Crippen molar-refractivity contribution in [3.05, 3.63) is 48.9 Å². The summed E-state index contributed by atoms with van der Waals surface area (Å²) >= 11 is 0. The summed E-state index contributed by atoms with van der Waals surface area (Å²) in [5.41, 5.74) is 0.998. The summed E-state index contributed by atoms with van der Waals surface area (Å²) in [5.74, 6) is 1.45. The standard InChI is InChI=1S/C22H22F3N7O/c23-22(24,25)33-16-4-7-28-17(9-16)29-18-10-19(31-20(30-18)15-3-1-6-26-11-15)32-8-2-5-21(14-32)12-27-13-21/h1,3-4,6-7,9-11,27H,2,5,8,12-14H2,(H,28,29,30,31). The van der Waals surface area contributed by atoms with Gasteiger partial charge in [-0.2, -0.15) is 0 Å². The number of piperidine rings is 1. The maximum absolute atomic E-state index is 12.6. The van der Waals surface area contributed by atoms with Crippen LogP contribution in [0.4, 0.5) is 30.6 Å². The minimum Gasteiger partial charge on any atom is -0.406 e. The maximum atomic E-state index is 12.6. The van der Waals surface area contributed by atoms with Crippen molar-refractivity contribution in [2.75, 3.05) is 36.4 Å². The van der Waals surface area contributed by atoms with E-state index in [0.717, 1.165) is 50.0 Å². The zero-order valence-corrected chi connectivity index (χ0v) is 17.6. The van der Waals surface area contributed by atoms with Crippen LogP contribution in [-0.2, 0) is 0 Å². The molecule has 11 heteroatoms. The summed E-state index contributed by atoms with van der Waals surface area (Å²) in [6.07, 6.45) is 2.04. The van der Waals surface area contributed by atoms with Crippen LogP contribution in [0.5, 0.6) is 5.75 Å². The van der Waals surface area contributed by atoms with E-state index in [-0.39, 0.29) is 17.0 Å². The minimum absolute atomic E-state index is 0.178. The lowest BCUT2D eigenvalue weighted by molar-refractivity contribution is -0.274. The molecular weight excluding hydrogens is 435 g/mol. The van der Waals surface area contributed by atoms with Crippen LogP contribution in [0, 0.1) is 5.41 Å². The van der Waals surface area contributed by atoms with Crippen molar-refractivity contribution in [1.82, 2.24) is 25.3 Å². The Morgan fingerprint density at radius 1 is 1.09 bits per heavy atom. The van der Waals surface area contributed by atoms with E-state index in [1.807, 2.05) is 6.07 Å². The number of halogens is 3. The normalized spacial score (nSPS) is 17.5. The molecule has 3 aromatic rings. The number of pyridine rings is 2. The number of nitrogens with one attached hydrogen (secondary N) is 2. The van der Waals surface area contributed by atoms with Gasteiger partial charge in [0.1, 0.15) is 23.2 Å². The Morgan fingerprint density at radius 3 is 2.70 bits per heavy atom. The summed E-state index contributed by atoms with van der Waals surface area (Å²) in [6.45, 7) is 3.74. The van der Waals surface area contributed by atoms with Gasteiger partial charge in [-0.1, -0.05) is 0 Å². The molecular formula is C22H22F3N7O. The Bertz CT molecular complexity index is 1120. The zero-order chi connectivity index (χ0) is 22.9. The highest BCUT2D eigenvalue weighted by Gasteiger charge is 2.41. The monoisotopic (exact) mass is 457 g/mol. The second-order valence-corrected chi connectivity index (χ2v) is 8.35. The molecule has 2 saturated heterocycles. The lowest BCUT2D eigenvalue weighted by Crippen LogP contribution is -2.61. The molecule has 5 rings (SSSR count). The topological polar surface area (TPSA) is 88.1 Å². The molecule has 2 aliphatic heterocycles. The van der Waals surface area contributed by atoms with Crippen molar-refractivity contribution in [3.8, 4) is 17.1 Å². The van der Waals surface area contributed by atoms with Crippen molar-refractivity contribution in [2.45, 2.75) is 19.2 Å². The van der Waals surface area contributed by atoms with Crippen LogP contribution in [0.15, 0.2) is 48.9 Å². The summed E-state index contributed by atoms with van der Waals surface area (Å²) in [4.78, 5) is 19.8. The van der Waals surface area contributed by atoms with Crippen LogP contribution < -0.4 is 20.3 Å². The van der Waals surface area contributed by atoms with Crippen LogP contribution >= 0.6 is 0 Å². The van der Waals surface area contributed by atoms with Gasteiger partial charge in [-0.25, -0.2) is 15.0 Å². The SMILES string of the molecule is FC(F)(F)Oc1ccnc(Nc2cc(N3CCCC4(CNC4)C3)nc(-c3cccnc3)n2)c1. The Hall–Kier alpha value is -3.47. The van der Waals surface area contributed by atoms with E-state index in [9.17, 15) is 13.2 Å². The van der Waals surface area contributed by atoms with Gasteiger partial charge in [0, 0.05) is 67.9 Å². The first-order valence-corrected chi connectivity index (χ1v) is 10.6. The molecule has 0 saturated carbocycles. The Kier molecular flexibility index (Phi) is 5.49. The lowest BCUT2D eigenvalue weighted by Gasteiger charge is -2.49.